The quantitative estimate of drug-likeness (QED) is 0.265. The Labute approximate surface area is 223 Å². The first kappa shape index (κ1) is 26.1. The lowest BCUT2D eigenvalue weighted by molar-refractivity contribution is -0.385. The minimum absolute atomic E-state index is 0.0174. The summed E-state index contributed by atoms with van der Waals surface area (Å²) >= 11 is 0. The van der Waals surface area contributed by atoms with E-state index in [2.05, 4.69) is 20.1 Å². The number of hydrogen-bond donors (Lipinski definition) is 4. The molecule has 5 N–H and O–H groups in total. The van der Waals surface area contributed by atoms with Crippen molar-refractivity contribution in [2.45, 2.75) is 50.5 Å². The largest absolute Gasteiger partial charge is 0.434 e. The van der Waals surface area contributed by atoms with Crippen LogP contribution in [0.25, 0.3) is 16.9 Å². The third-order valence-electron chi connectivity index (χ3n) is 6.97. The molecule has 4 aromatic rings. The van der Waals surface area contributed by atoms with Gasteiger partial charge in [-0.1, -0.05) is 6.07 Å². The Balaban J connectivity index is 1.59. The van der Waals surface area contributed by atoms with Crippen LogP contribution in [0.1, 0.15) is 65.2 Å². The number of rotatable bonds is 5. The third-order valence-corrected chi connectivity index (χ3v) is 6.97. The van der Waals surface area contributed by atoms with E-state index in [1.54, 1.807) is 13.8 Å². The summed E-state index contributed by atoms with van der Waals surface area (Å²) in [6.45, 7) is 0.191. The first-order valence-electron chi connectivity index (χ1n) is 12.0. The predicted molar refractivity (Wildman–Crippen MR) is 129 cm³/mol. The van der Waals surface area contributed by atoms with Gasteiger partial charge in [0.15, 0.2) is 11.5 Å². The number of nitrogens with two attached hydrogens (primary N) is 1. The summed E-state index contributed by atoms with van der Waals surface area (Å²) in [6.07, 6.45) is 0.0331. The molecular weight excluding hydrogens is 535 g/mol. The number of benzene rings is 1. The van der Waals surface area contributed by atoms with Gasteiger partial charge in [0.05, 0.1) is 23.5 Å². The predicted octanol–water partition coefficient (Wildman–Crippen LogP) is 1.74. The van der Waals surface area contributed by atoms with Crippen LogP contribution in [0.2, 0.25) is 0 Å². The monoisotopic (exact) mass is 557 g/mol. The highest BCUT2D eigenvalue weighted by atomic mass is 19.3. The van der Waals surface area contributed by atoms with Gasteiger partial charge >= 0.3 is 12.7 Å². The van der Waals surface area contributed by atoms with E-state index in [1.807, 2.05) is 0 Å². The summed E-state index contributed by atoms with van der Waals surface area (Å²) in [5.41, 5.74) is 5.57. The molecule has 2 aliphatic rings. The van der Waals surface area contributed by atoms with Crippen LogP contribution in [0.3, 0.4) is 0 Å². The van der Waals surface area contributed by atoms with Crippen molar-refractivity contribution in [3.63, 3.8) is 0 Å². The van der Waals surface area contributed by atoms with Gasteiger partial charge in [-0.05, 0) is 32.4 Å². The van der Waals surface area contributed by atoms with Gasteiger partial charge in [-0.3, -0.25) is 9.69 Å². The normalized spacial score (nSPS) is 18.8. The number of fused-ring (bicyclic) bond motifs is 9. The van der Waals surface area contributed by atoms with Gasteiger partial charge in [0, 0.05) is 40.6 Å². The number of ether oxygens (including phenoxy) is 1. The highest BCUT2D eigenvalue weighted by Crippen LogP contribution is 2.54. The maximum atomic E-state index is 15.3. The molecule has 2 bridgehead atoms. The van der Waals surface area contributed by atoms with E-state index in [9.17, 15) is 28.9 Å². The summed E-state index contributed by atoms with van der Waals surface area (Å²) in [7, 11) is 0. The topological polar surface area (TPSA) is 172 Å². The number of hydrogen-bond acceptors (Lipinski definition) is 10. The zero-order chi connectivity index (χ0) is 28.7. The number of carbonyl (C=O) groups is 1. The smallest absolute Gasteiger partial charge is 0.387 e. The van der Waals surface area contributed by atoms with Crippen LogP contribution >= 0.6 is 0 Å². The van der Waals surface area contributed by atoms with E-state index in [0.29, 0.717) is 16.3 Å². The van der Waals surface area contributed by atoms with Gasteiger partial charge in [-0.25, -0.2) is 23.9 Å². The van der Waals surface area contributed by atoms with Crippen LogP contribution in [0.15, 0.2) is 36.8 Å². The molecule has 40 heavy (non-hydrogen) atoms. The lowest BCUT2D eigenvalue weighted by atomic mass is 9.89. The van der Waals surface area contributed by atoms with Gasteiger partial charge in [0.1, 0.15) is 17.3 Å². The Kier molecular flexibility index (Phi) is 5.64. The molecule has 3 aromatic heterocycles. The average molecular weight is 557 g/mol. The van der Waals surface area contributed by atoms with Gasteiger partial charge in [0.25, 0.3) is 5.91 Å². The summed E-state index contributed by atoms with van der Waals surface area (Å²) in [5.74, 6) is -2.73. The van der Waals surface area contributed by atoms with Gasteiger partial charge < -0.3 is 25.8 Å². The molecule has 2 unspecified atom stereocenters. The Hall–Kier alpha value is -4.18. The van der Waals surface area contributed by atoms with Crippen LogP contribution in [0.4, 0.5) is 13.2 Å². The zero-order valence-corrected chi connectivity index (χ0v) is 21.0. The summed E-state index contributed by atoms with van der Waals surface area (Å²) in [4.78, 5) is 26.7. The molecule has 2 atom stereocenters. The van der Waals surface area contributed by atoms with Crippen LogP contribution < -0.4 is 10.5 Å². The molecule has 12 nitrogen and oxygen atoms in total. The minimum atomic E-state index is -3.63. The lowest BCUT2D eigenvalue weighted by Crippen LogP contribution is -2.53. The van der Waals surface area contributed by atoms with E-state index >= 15 is 4.39 Å². The zero-order valence-electron chi connectivity index (χ0n) is 21.0. The first-order chi connectivity index (χ1) is 18.8. The molecule has 1 aliphatic carbocycles. The lowest BCUT2D eigenvalue weighted by Gasteiger charge is -2.34. The Morgan fingerprint density at radius 1 is 1.15 bits per heavy atom. The Morgan fingerprint density at radius 2 is 1.85 bits per heavy atom. The molecular formula is C25H22F3N7O5. The average Bonchev–Trinajstić information content (AvgIpc) is 3.34. The van der Waals surface area contributed by atoms with Crippen LogP contribution in [0, 0.1) is 5.82 Å². The first-order valence-corrected chi connectivity index (χ1v) is 12.0. The Bertz CT molecular complexity index is 1660. The number of aliphatic hydroxyl groups is 3. The molecule has 0 radical (unpaired) electrons. The van der Waals surface area contributed by atoms with Gasteiger partial charge in [-0.15, -0.1) is 0 Å². The minimum Gasteiger partial charge on any atom is -0.434 e. The summed E-state index contributed by atoms with van der Waals surface area (Å²) < 4.78 is 47.8. The SMILES string of the molecule is CC(C)(N)c1ncc(-c2nc3c4c(nn3cc2F)C2CC4c3c(OC(F)F)cccc3C(=O)N2C(O)(O)O)cn1. The molecule has 4 heterocycles. The second kappa shape index (κ2) is 8.66. The molecule has 0 saturated heterocycles. The summed E-state index contributed by atoms with van der Waals surface area (Å²) in [6, 6.07) is 2.58. The van der Waals surface area contributed by atoms with E-state index in [0.717, 1.165) is 10.7 Å². The van der Waals surface area contributed by atoms with Crippen molar-refractivity contribution in [1.29, 1.82) is 0 Å². The molecule has 1 aliphatic heterocycles. The van der Waals surface area contributed by atoms with Crippen LogP contribution in [0.5, 0.6) is 5.75 Å². The van der Waals surface area contributed by atoms with Crippen molar-refractivity contribution in [3.05, 3.63) is 70.8 Å². The summed E-state index contributed by atoms with van der Waals surface area (Å²) in [5, 5.41) is 34.8. The molecule has 6 rings (SSSR count). The number of halogens is 3. The third kappa shape index (κ3) is 3.97. The molecule has 208 valence electrons. The van der Waals surface area contributed by atoms with Crippen LogP contribution in [-0.4, -0.2) is 63.4 Å². The van der Waals surface area contributed by atoms with Crippen molar-refractivity contribution < 1.29 is 38.0 Å². The molecule has 0 spiro atoms. The Morgan fingerprint density at radius 3 is 2.48 bits per heavy atom. The fraction of sp³-hybridized carbons (Fsp3) is 0.320. The number of carbonyl (C=O) groups excluding carboxylic acids is 1. The van der Waals surface area contributed by atoms with Crippen molar-refractivity contribution in [1.82, 2.24) is 29.5 Å². The number of alkyl halides is 2. The standard InChI is InChI=1S/C25H22F3N7O5/c1-24(2,29)22-30-7-10(8-31-22)18-13(26)9-34-20(32-18)17-12-6-14(19(17)33-34)35(25(37,38)39)21(36)11-4-3-5-15(16(11)12)40-23(27)28/h3-5,7-9,12,14,23,37-39H,6,29H2,1-2H3. The maximum absolute atomic E-state index is 15.3. The molecule has 0 saturated carbocycles. The number of aromatic nitrogens is 5. The van der Waals surface area contributed by atoms with Crippen molar-refractivity contribution in [2.24, 2.45) is 5.73 Å². The highest BCUT2D eigenvalue weighted by molar-refractivity contribution is 5.98. The second-order valence-corrected chi connectivity index (χ2v) is 10.2. The highest BCUT2D eigenvalue weighted by Gasteiger charge is 2.53. The fourth-order valence-electron chi connectivity index (χ4n) is 5.40. The number of nitrogens with zero attached hydrogens (tertiary/aromatic N) is 6. The van der Waals surface area contributed by atoms with Gasteiger partial charge in [-0.2, -0.15) is 13.9 Å². The molecule has 0 fully saturated rings. The van der Waals surface area contributed by atoms with E-state index in [-0.39, 0.29) is 45.9 Å². The van der Waals surface area contributed by atoms with Crippen molar-refractivity contribution >= 4 is 11.6 Å². The van der Waals surface area contributed by atoms with E-state index < -0.39 is 41.9 Å². The molecule has 1 aromatic carbocycles. The van der Waals surface area contributed by atoms with E-state index in [1.165, 1.54) is 30.6 Å². The molecule has 1 amide bonds. The molecule has 15 heteroatoms. The maximum Gasteiger partial charge on any atom is 0.387 e. The van der Waals surface area contributed by atoms with Crippen LogP contribution in [-0.2, 0) is 5.54 Å². The van der Waals surface area contributed by atoms with Crippen molar-refractivity contribution in [3.8, 4) is 17.0 Å². The van der Waals surface area contributed by atoms with Crippen molar-refractivity contribution in [2.75, 3.05) is 0 Å². The van der Waals surface area contributed by atoms with Gasteiger partial charge in [0.2, 0.25) is 0 Å². The number of amides is 1. The van der Waals surface area contributed by atoms with E-state index in [4.69, 9.17) is 10.5 Å². The fourth-order valence-corrected chi connectivity index (χ4v) is 5.40. The second-order valence-electron chi connectivity index (χ2n) is 10.2.